The highest BCUT2D eigenvalue weighted by atomic mass is 79.9. The van der Waals surface area contributed by atoms with Crippen LogP contribution in [0, 0.1) is 0 Å². The fraction of sp³-hybridized carbons (Fsp3) is 0.462. The van der Waals surface area contributed by atoms with Gasteiger partial charge in [0.1, 0.15) is 12.4 Å². The minimum Gasteiger partial charge on any atom is -0.491 e. The number of carboxylic acids is 1. The van der Waals surface area contributed by atoms with Crippen LogP contribution in [0.2, 0.25) is 5.02 Å². The lowest BCUT2D eigenvalue weighted by atomic mass is 10.3. The number of rotatable bonds is 7. The van der Waals surface area contributed by atoms with Gasteiger partial charge in [0.05, 0.1) is 11.0 Å². The van der Waals surface area contributed by atoms with E-state index >= 15 is 0 Å². The number of hydrogen-bond acceptors (Lipinski definition) is 3. The van der Waals surface area contributed by atoms with Crippen LogP contribution in [0.5, 0.6) is 5.75 Å². The fourth-order valence-corrected chi connectivity index (χ4v) is 2.67. The summed E-state index contributed by atoms with van der Waals surface area (Å²) in [7, 11) is 0. The highest BCUT2D eigenvalue weighted by molar-refractivity contribution is 9.10. The number of carboxylic acid groups (broad SMARTS) is 1. The molecular formula is C13H15BrClNO3. The fourth-order valence-electron chi connectivity index (χ4n) is 1.87. The van der Waals surface area contributed by atoms with Gasteiger partial charge in [-0.1, -0.05) is 11.6 Å². The summed E-state index contributed by atoms with van der Waals surface area (Å²) in [5.74, 6) is -0.0740. The molecule has 1 aliphatic rings. The van der Waals surface area contributed by atoms with Gasteiger partial charge >= 0.3 is 5.97 Å². The van der Waals surface area contributed by atoms with Crippen molar-refractivity contribution in [2.45, 2.75) is 18.9 Å². The van der Waals surface area contributed by atoms with Crippen molar-refractivity contribution in [1.82, 2.24) is 4.90 Å². The smallest absolute Gasteiger partial charge is 0.317 e. The molecule has 1 fully saturated rings. The predicted molar refractivity (Wildman–Crippen MR) is 76.9 cm³/mol. The van der Waals surface area contributed by atoms with Crippen molar-refractivity contribution < 1.29 is 14.6 Å². The van der Waals surface area contributed by atoms with Crippen LogP contribution in [0.25, 0.3) is 0 Å². The van der Waals surface area contributed by atoms with Gasteiger partial charge in [0.25, 0.3) is 0 Å². The molecule has 0 bridgehead atoms. The van der Waals surface area contributed by atoms with Crippen molar-refractivity contribution in [1.29, 1.82) is 0 Å². The van der Waals surface area contributed by atoms with E-state index in [1.807, 2.05) is 4.90 Å². The number of aliphatic carboxylic acids is 1. The molecule has 2 rings (SSSR count). The average molecular weight is 349 g/mol. The van der Waals surface area contributed by atoms with Crippen LogP contribution < -0.4 is 4.74 Å². The molecule has 104 valence electrons. The van der Waals surface area contributed by atoms with Crippen molar-refractivity contribution in [3.63, 3.8) is 0 Å². The molecule has 0 aliphatic heterocycles. The highest BCUT2D eigenvalue weighted by Gasteiger charge is 2.29. The molecular weight excluding hydrogens is 334 g/mol. The maximum absolute atomic E-state index is 10.8. The quantitative estimate of drug-likeness (QED) is 0.823. The first-order chi connectivity index (χ1) is 9.06. The van der Waals surface area contributed by atoms with E-state index in [1.165, 1.54) is 0 Å². The molecule has 0 saturated heterocycles. The largest absolute Gasteiger partial charge is 0.491 e. The highest BCUT2D eigenvalue weighted by Crippen LogP contribution is 2.29. The van der Waals surface area contributed by atoms with Crippen LogP contribution in [0.4, 0.5) is 0 Å². The van der Waals surface area contributed by atoms with E-state index in [9.17, 15) is 4.79 Å². The van der Waals surface area contributed by atoms with Gasteiger partial charge in [-0.25, -0.2) is 0 Å². The maximum Gasteiger partial charge on any atom is 0.317 e. The number of benzene rings is 1. The van der Waals surface area contributed by atoms with Gasteiger partial charge in [-0.05, 0) is 47.0 Å². The van der Waals surface area contributed by atoms with Crippen molar-refractivity contribution in [2.24, 2.45) is 0 Å². The summed E-state index contributed by atoms with van der Waals surface area (Å²) in [4.78, 5) is 12.7. The van der Waals surface area contributed by atoms with E-state index in [-0.39, 0.29) is 6.54 Å². The number of carbonyl (C=O) groups is 1. The zero-order valence-electron chi connectivity index (χ0n) is 10.3. The first-order valence-corrected chi connectivity index (χ1v) is 7.27. The molecule has 6 heteroatoms. The zero-order chi connectivity index (χ0) is 13.8. The van der Waals surface area contributed by atoms with Crippen LogP contribution in [0.1, 0.15) is 12.8 Å². The first kappa shape index (κ1) is 14.6. The van der Waals surface area contributed by atoms with Crippen LogP contribution in [0.3, 0.4) is 0 Å². The minimum atomic E-state index is -0.792. The average Bonchev–Trinajstić information content (AvgIpc) is 3.14. The third-order valence-corrected chi connectivity index (χ3v) is 3.79. The maximum atomic E-state index is 10.8. The summed E-state index contributed by atoms with van der Waals surface area (Å²) < 4.78 is 6.44. The Morgan fingerprint density at radius 1 is 1.53 bits per heavy atom. The van der Waals surface area contributed by atoms with Gasteiger partial charge in [-0.15, -0.1) is 0 Å². The Morgan fingerprint density at radius 2 is 2.26 bits per heavy atom. The summed E-state index contributed by atoms with van der Waals surface area (Å²) in [6.45, 7) is 1.16. The standard InChI is InChI=1S/C13H15BrClNO3/c14-11-7-9(15)1-4-12(11)19-6-5-16(8-13(17)18)10-2-3-10/h1,4,7,10H,2-3,5-6,8H2,(H,17,18). The Morgan fingerprint density at radius 3 is 2.84 bits per heavy atom. The van der Waals surface area contributed by atoms with Gasteiger partial charge in [0.2, 0.25) is 0 Å². The number of hydrogen-bond donors (Lipinski definition) is 1. The number of ether oxygens (including phenoxy) is 1. The Balaban J connectivity index is 1.82. The van der Waals surface area contributed by atoms with Crippen molar-refractivity contribution in [3.05, 3.63) is 27.7 Å². The second-order valence-electron chi connectivity index (χ2n) is 4.52. The third kappa shape index (κ3) is 4.67. The lowest BCUT2D eigenvalue weighted by Crippen LogP contribution is -2.35. The Bertz CT molecular complexity index is 465. The third-order valence-electron chi connectivity index (χ3n) is 2.93. The molecule has 1 aliphatic carbocycles. The molecule has 19 heavy (non-hydrogen) atoms. The van der Waals surface area contributed by atoms with Crippen LogP contribution in [0.15, 0.2) is 22.7 Å². The zero-order valence-corrected chi connectivity index (χ0v) is 12.7. The summed E-state index contributed by atoms with van der Waals surface area (Å²) in [5.41, 5.74) is 0. The second kappa shape index (κ2) is 6.59. The van der Waals surface area contributed by atoms with E-state index in [4.69, 9.17) is 21.4 Å². The monoisotopic (exact) mass is 347 g/mol. The van der Waals surface area contributed by atoms with Crippen molar-refractivity contribution in [3.8, 4) is 5.75 Å². The molecule has 1 aromatic carbocycles. The molecule has 0 atom stereocenters. The molecule has 1 aromatic rings. The Labute approximate surface area is 125 Å². The molecule has 1 saturated carbocycles. The molecule has 4 nitrogen and oxygen atoms in total. The molecule has 0 unspecified atom stereocenters. The van der Waals surface area contributed by atoms with Gasteiger partial charge < -0.3 is 9.84 Å². The number of halogens is 2. The Kier molecular flexibility index (Phi) is 5.07. The van der Waals surface area contributed by atoms with Crippen LogP contribution in [-0.4, -0.2) is 41.7 Å². The summed E-state index contributed by atoms with van der Waals surface area (Å²) >= 11 is 9.23. The second-order valence-corrected chi connectivity index (χ2v) is 5.81. The SMILES string of the molecule is O=C(O)CN(CCOc1ccc(Cl)cc1Br)C1CC1. The van der Waals surface area contributed by atoms with E-state index in [0.717, 1.165) is 23.1 Å². The molecule has 0 amide bonds. The summed E-state index contributed by atoms with van der Waals surface area (Å²) in [6, 6.07) is 5.74. The van der Waals surface area contributed by atoms with Crippen molar-refractivity contribution >= 4 is 33.5 Å². The first-order valence-electron chi connectivity index (χ1n) is 6.10. The summed E-state index contributed by atoms with van der Waals surface area (Å²) in [5, 5.41) is 9.49. The Hall–Kier alpha value is -0.780. The van der Waals surface area contributed by atoms with Gasteiger partial charge in [-0.2, -0.15) is 0 Å². The normalized spacial score (nSPS) is 14.7. The van der Waals surface area contributed by atoms with Gasteiger partial charge in [0.15, 0.2) is 0 Å². The summed E-state index contributed by atoms with van der Waals surface area (Å²) in [6.07, 6.45) is 2.16. The lowest BCUT2D eigenvalue weighted by molar-refractivity contribution is -0.138. The molecule has 0 radical (unpaired) electrons. The van der Waals surface area contributed by atoms with Crippen LogP contribution >= 0.6 is 27.5 Å². The molecule has 0 aromatic heterocycles. The van der Waals surface area contributed by atoms with Crippen molar-refractivity contribution in [2.75, 3.05) is 19.7 Å². The van der Waals surface area contributed by atoms with Gasteiger partial charge in [-0.3, -0.25) is 9.69 Å². The lowest BCUT2D eigenvalue weighted by Gasteiger charge is -2.19. The van der Waals surface area contributed by atoms with E-state index < -0.39 is 5.97 Å². The molecule has 0 heterocycles. The minimum absolute atomic E-state index is 0.0792. The van der Waals surface area contributed by atoms with Gasteiger partial charge in [0, 0.05) is 17.6 Å². The molecule has 0 spiro atoms. The van der Waals surface area contributed by atoms with Crippen LogP contribution in [-0.2, 0) is 4.79 Å². The predicted octanol–water partition coefficient (Wildman–Crippen LogP) is 3.03. The van der Waals surface area contributed by atoms with E-state index in [0.29, 0.717) is 24.2 Å². The number of nitrogens with zero attached hydrogens (tertiary/aromatic N) is 1. The van der Waals surface area contributed by atoms with E-state index in [2.05, 4.69) is 15.9 Å². The molecule has 1 N–H and O–H groups in total. The van der Waals surface area contributed by atoms with E-state index in [1.54, 1.807) is 18.2 Å². The topological polar surface area (TPSA) is 49.8 Å².